The number of rotatable bonds is 11. The van der Waals surface area contributed by atoms with Crippen molar-refractivity contribution in [3.63, 3.8) is 0 Å². The smallest absolute Gasteiger partial charge is 0.251 e. The SMILES string of the molecule is CCCO/N=C(\COc1cc(C(=O)NC2CC2)cc(C(O)O)c1)c1cc(-c2ccc(F)cc2)no1. The van der Waals surface area contributed by atoms with Crippen molar-refractivity contribution in [3.05, 3.63) is 71.2 Å². The number of oxime groups is 1. The predicted molar refractivity (Wildman–Crippen MR) is 124 cm³/mol. The molecule has 0 unspecified atom stereocenters. The predicted octanol–water partition coefficient (Wildman–Crippen LogP) is 3.57. The van der Waals surface area contributed by atoms with E-state index in [4.69, 9.17) is 14.1 Å². The van der Waals surface area contributed by atoms with E-state index in [-0.39, 0.29) is 47.0 Å². The summed E-state index contributed by atoms with van der Waals surface area (Å²) in [5.74, 6) is -0.163. The van der Waals surface area contributed by atoms with Gasteiger partial charge in [-0.2, -0.15) is 0 Å². The molecule has 10 heteroatoms. The number of ether oxygens (including phenoxy) is 1. The van der Waals surface area contributed by atoms with Crippen LogP contribution in [0.25, 0.3) is 11.3 Å². The number of aliphatic hydroxyl groups excluding tert-OH is 1. The summed E-state index contributed by atoms with van der Waals surface area (Å²) in [6.07, 6.45) is 0.808. The van der Waals surface area contributed by atoms with Crippen LogP contribution in [-0.2, 0) is 4.84 Å². The van der Waals surface area contributed by atoms with E-state index < -0.39 is 6.29 Å². The fourth-order valence-corrected chi connectivity index (χ4v) is 3.16. The number of carbonyl (C=O) groups is 1. The molecule has 3 N–H and O–H groups in total. The van der Waals surface area contributed by atoms with Crippen LogP contribution in [0, 0.1) is 5.82 Å². The zero-order chi connectivity index (χ0) is 24.8. The topological polar surface area (TPSA) is 126 Å². The Hall–Kier alpha value is -3.76. The van der Waals surface area contributed by atoms with Gasteiger partial charge in [0.1, 0.15) is 30.5 Å². The monoisotopic (exact) mass is 483 g/mol. The Balaban J connectivity index is 1.54. The number of nitrogens with one attached hydrogen (secondary N) is 1. The minimum atomic E-state index is -1.78. The van der Waals surface area contributed by atoms with E-state index >= 15 is 0 Å². The Bertz CT molecular complexity index is 1190. The average molecular weight is 483 g/mol. The lowest BCUT2D eigenvalue weighted by molar-refractivity contribution is -0.0426. The van der Waals surface area contributed by atoms with Crippen LogP contribution in [0.1, 0.15) is 54.2 Å². The molecule has 9 nitrogen and oxygen atoms in total. The fraction of sp³-hybridized carbons (Fsp3) is 0.320. The van der Waals surface area contributed by atoms with Gasteiger partial charge in [0.05, 0.1) is 0 Å². The van der Waals surface area contributed by atoms with Crippen LogP contribution < -0.4 is 10.1 Å². The zero-order valence-corrected chi connectivity index (χ0v) is 19.1. The first-order chi connectivity index (χ1) is 16.9. The molecule has 184 valence electrons. The van der Waals surface area contributed by atoms with Gasteiger partial charge in [0, 0.05) is 28.8 Å². The molecule has 1 saturated carbocycles. The van der Waals surface area contributed by atoms with Crippen LogP contribution >= 0.6 is 0 Å². The van der Waals surface area contributed by atoms with Crippen molar-refractivity contribution in [3.8, 4) is 17.0 Å². The highest BCUT2D eigenvalue weighted by molar-refractivity contribution is 5.99. The molecule has 0 atom stereocenters. The van der Waals surface area contributed by atoms with Crippen molar-refractivity contribution in [1.29, 1.82) is 0 Å². The van der Waals surface area contributed by atoms with Gasteiger partial charge in [0.2, 0.25) is 0 Å². The first-order valence-electron chi connectivity index (χ1n) is 11.3. The van der Waals surface area contributed by atoms with Gasteiger partial charge in [-0.1, -0.05) is 17.2 Å². The largest absolute Gasteiger partial charge is 0.487 e. The van der Waals surface area contributed by atoms with Crippen LogP contribution in [0.2, 0.25) is 0 Å². The lowest BCUT2D eigenvalue weighted by Gasteiger charge is -2.13. The quantitative estimate of drug-likeness (QED) is 0.165. The molecule has 0 spiro atoms. The minimum Gasteiger partial charge on any atom is -0.487 e. The Labute approximate surface area is 201 Å². The Morgan fingerprint density at radius 3 is 2.69 bits per heavy atom. The first kappa shape index (κ1) is 24.4. The van der Waals surface area contributed by atoms with Crippen molar-refractivity contribution in [2.75, 3.05) is 13.2 Å². The number of aromatic nitrogens is 1. The average Bonchev–Trinajstić information content (AvgIpc) is 3.53. The van der Waals surface area contributed by atoms with Gasteiger partial charge >= 0.3 is 0 Å². The second kappa shape index (κ2) is 11.1. The molecule has 2 aromatic carbocycles. The first-order valence-corrected chi connectivity index (χ1v) is 11.3. The zero-order valence-electron chi connectivity index (χ0n) is 19.1. The van der Waals surface area contributed by atoms with E-state index in [1.54, 1.807) is 18.2 Å². The lowest BCUT2D eigenvalue weighted by atomic mass is 10.1. The van der Waals surface area contributed by atoms with Crippen LogP contribution in [0.4, 0.5) is 4.39 Å². The molecule has 0 aliphatic heterocycles. The van der Waals surface area contributed by atoms with E-state index in [0.29, 0.717) is 23.6 Å². The third-order valence-electron chi connectivity index (χ3n) is 5.18. The lowest BCUT2D eigenvalue weighted by Crippen LogP contribution is -2.25. The summed E-state index contributed by atoms with van der Waals surface area (Å²) < 4.78 is 24.5. The summed E-state index contributed by atoms with van der Waals surface area (Å²) in [6.45, 7) is 2.20. The van der Waals surface area contributed by atoms with Gasteiger partial charge in [-0.15, -0.1) is 0 Å². The Morgan fingerprint density at radius 1 is 1.23 bits per heavy atom. The molecule has 35 heavy (non-hydrogen) atoms. The van der Waals surface area contributed by atoms with Crippen LogP contribution in [-0.4, -0.2) is 46.2 Å². The van der Waals surface area contributed by atoms with Gasteiger partial charge in [-0.25, -0.2) is 4.39 Å². The van der Waals surface area contributed by atoms with Gasteiger partial charge in [-0.05, 0) is 61.7 Å². The maximum atomic E-state index is 13.2. The van der Waals surface area contributed by atoms with Crippen molar-refractivity contribution < 1.29 is 33.5 Å². The highest BCUT2D eigenvalue weighted by Crippen LogP contribution is 2.25. The number of carbonyl (C=O) groups excluding carboxylic acids is 1. The number of hydrogen-bond acceptors (Lipinski definition) is 8. The molecule has 1 amide bonds. The van der Waals surface area contributed by atoms with Gasteiger partial charge in [-0.3, -0.25) is 4.79 Å². The maximum Gasteiger partial charge on any atom is 0.251 e. The highest BCUT2D eigenvalue weighted by Gasteiger charge is 2.24. The van der Waals surface area contributed by atoms with Crippen molar-refractivity contribution >= 4 is 11.6 Å². The summed E-state index contributed by atoms with van der Waals surface area (Å²) in [4.78, 5) is 17.8. The van der Waals surface area contributed by atoms with Gasteiger partial charge in [0.25, 0.3) is 5.91 Å². The summed E-state index contributed by atoms with van der Waals surface area (Å²) in [5.41, 5.74) is 1.79. The van der Waals surface area contributed by atoms with Crippen molar-refractivity contribution in [1.82, 2.24) is 10.5 Å². The molecular formula is C25H26FN3O6. The summed E-state index contributed by atoms with van der Waals surface area (Å²) in [7, 11) is 0. The molecule has 3 aromatic rings. The second-order valence-electron chi connectivity index (χ2n) is 8.16. The normalized spacial score (nSPS) is 13.7. The minimum absolute atomic E-state index is 0.113. The molecule has 4 rings (SSSR count). The van der Waals surface area contributed by atoms with Crippen LogP contribution in [0.3, 0.4) is 0 Å². The number of halogens is 1. The molecule has 0 bridgehead atoms. The molecule has 1 fully saturated rings. The fourth-order valence-electron chi connectivity index (χ4n) is 3.16. The van der Waals surface area contributed by atoms with E-state index in [9.17, 15) is 19.4 Å². The molecule has 1 aliphatic carbocycles. The van der Waals surface area contributed by atoms with Crippen LogP contribution in [0.15, 0.2) is 58.2 Å². The molecule has 1 aliphatic rings. The van der Waals surface area contributed by atoms with Crippen LogP contribution in [0.5, 0.6) is 5.75 Å². The molecule has 1 aromatic heterocycles. The van der Waals surface area contributed by atoms with Crippen molar-refractivity contribution in [2.45, 2.75) is 38.5 Å². The number of amides is 1. The van der Waals surface area contributed by atoms with Crippen molar-refractivity contribution in [2.24, 2.45) is 5.16 Å². The summed E-state index contributed by atoms with van der Waals surface area (Å²) >= 11 is 0. The van der Waals surface area contributed by atoms with E-state index in [1.165, 1.54) is 30.3 Å². The van der Waals surface area contributed by atoms with E-state index in [2.05, 4.69) is 15.6 Å². The number of benzene rings is 2. The van der Waals surface area contributed by atoms with E-state index in [1.807, 2.05) is 6.92 Å². The van der Waals surface area contributed by atoms with Gasteiger partial charge in [0.15, 0.2) is 17.8 Å². The van der Waals surface area contributed by atoms with E-state index in [0.717, 1.165) is 19.3 Å². The highest BCUT2D eigenvalue weighted by atomic mass is 19.1. The number of nitrogens with zero attached hydrogens (tertiary/aromatic N) is 2. The Morgan fingerprint density at radius 2 is 2.00 bits per heavy atom. The molecule has 0 radical (unpaired) electrons. The second-order valence-corrected chi connectivity index (χ2v) is 8.16. The molecule has 0 saturated heterocycles. The summed E-state index contributed by atoms with van der Waals surface area (Å²) in [5, 5.41) is 30.3. The molecular weight excluding hydrogens is 457 g/mol. The third-order valence-corrected chi connectivity index (χ3v) is 5.18. The number of hydrogen-bond donors (Lipinski definition) is 3. The standard InChI is InChI=1S/C25H26FN3O6/c1-2-9-34-28-22(23-13-21(29-35-23)15-3-5-18(26)6-4-15)14-33-20-11-16(10-17(12-20)25(31)32)24(30)27-19-7-8-19/h3-6,10-13,19,25,31-32H,2,7-9,14H2,1H3,(H,27,30)/b28-22+. The van der Waals surface area contributed by atoms with Gasteiger partial charge < -0.3 is 29.6 Å². The Kier molecular flexibility index (Phi) is 7.74. The summed E-state index contributed by atoms with van der Waals surface area (Å²) in [6, 6.07) is 11.9. The number of aliphatic hydroxyl groups is 2. The maximum absolute atomic E-state index is 13.2. The molecule has 1 heterocycles. The third kappa shape index (κ3) is 6.65.